The predicted molar refractivity (Wildman–Crippen MR) is 149 cm³/mol. The minimum absolute atomic E-state index is 0.0169. The number of nitrogens with one attached hydrogen (secondary N) is 2. The van der Waals surface area contributed by atoms with Gasteiger partial charge in [-0.15, -0.1) is 11.8 Å². The first-order valence-electron chi connectivity index (χ1n) is 12.7. The standard InChI is InChI=1S/C27H28N6O8S/c1-27(2,3)41-19(35)13-40-31-20(17-8-7-9-18(29-17)28-15-34)23(36)30-21-24(37)33-22(26(38)39)16(14-42-25(21)33)12-32-10-5-4-6-11-32/h4-11,15,21,25H,12-14H2,1-3H3,(H2-,28,29,30,34,36,38,39)/p+1/t21?,25-/m1/s1. The predicted octanol–water partition coefficient (Wildman–Crippen LogP) is 0.439. The molecule has 1 fully saturated rings. The molecule has 1 unspecified atom stereocenters. The van der Waals surface area contributed by atoms with Gasteiger partial charge in [0, 0.05) is 23.5 Å². The minimum atomic E-state index is -1.24. The molecule has 3 N–H and O–H groups in total. The maximum absolute atomic E-state index is 13.4. The SMILES string of the molecule is CC(C)(C)OC(=O)CON=C(C(=O)NC1C(=O)N2C(C(=O)O)=C(C[n+]3ccccc3)CS[C@H]12)c1cccc(NC=O)n1. The summed E-state index contributed by atoms with van der Waals surface area (Å²) in [5, 5.41) is 18.0. The highest BCUT2D eigenvalue weighted by molar-refractivity contribution is 8.00. The lowest BCUT2D eigenvalue weighted by molar-refractivity contribution is -0.689. The van der Waals surface area contributed by atoms with Crippen molar-refractivity contribution in [1.29, 1.82) is 0 Å². The van der Waals surface area contributed by atoms with E-state index in [1.54, 1.807) is 33.2 Å². The van der Waals surface area contributed by atoms with Crippen LogP contribution in [0.3, 0.4) is 0 Å². The zero-order chi connectivity index (χ0) is 30.4. The first-order chi connectivity index (χ1) is 20.0. The van der Waals surface area contributed by atoms with Gasteiger partial charge in [-0.1, -0.05) is 17.3 Å². The molecule has 0 aromatic carbocycles. The van der Waals surface area contributed by atoms with E-state index in [-0.39, 0.29) is 29.5 Å². The Balaban J connectivity index is 1.53. The lowest BCUT2D eigenvalue weighted by Gasteiger charge is -2.49. The van der Waals surface area contributed by atoms with Crippen molar-refractivity contribution in [3.63, 3.8) is 0 Å². The third-order valence-electron chi connectivity index (χ3n) is 5.86. The first kappa shape index (κ1) is 30.2. The third kappa shape index (κ3) is 7.09. The number of aromatic nitrogens is 2. The zero-order valence-electron chi connectivity index (χ0n) is 23.0. The van der Waals surface area contributed by atoms with E-state index in [9.17, 15) is 29.1 Å². The van der Waals surface area contributed by atoms with Gasteiger partial charge in [0.2, 0.25) is 13.0 Å². The van der Waals surface area contributed by atoms with Crippen LogP contribution in [0.2, 0.25) is 0 Å². The van der Waals surface area contributed by atoms with E-state index in [0.29, 0.717) is 17.7 Å². The number of carbonyl (C=O) groups is 5. The van der Waals surface area contributed by atoms with Crippen LogP contribution in [0.5, 0.6) is 0 Å². The molecule has 2 atom stereocenters. The lowest BCUT2D eigenvalue weighted by Crippen LogP contribution is -2.71. The number of thioether (sulfide) groups is 1. The van der Waals surface area contributed by atoms with Crippen LogP contribution < -0.4 is 15.2 Å². The monoisotopic (exact) mass is 597 g/mol. The van der Waals surface area contributed by atoms with Crippen molar-refractivity contribution in [1.82, 2.24) is 15.2 Å². The summed E-state index contributed by atoms with van der Waals surface area (Å²) in [5.41, 5.74) is -0.723. The first-order valence-corrected chi connectivity index (χ1v) is 13.8. The fraction of sp³-hybridized carbons (Fsp3) is 0.333. The van der Waals surface area contributed by atoms with E-state index < -0.39 is 47.4 Å². The number of rotatable bonds is 11. The van der Waals surface area contributed by atoms with Crippen molar-refractivity contribution < 1.29 is 43.2 Å². The zero-order valence-corrected chi connectivity index (χ0v) is 23.8. The Labute approximate surface area is 244 Å². The molecule has 2 aliphatic heterocycles. The molecule has 0 saturated carbocycles. The number of hydrogen-bond acceptors (Lipinski definition) is 10. The molecular weight excluding hydrogens is 568 g/mol. The topological polar surface area (TPSA) is 180 Å². The van der Waals surface area contributed by atoms with Gasteiger partial charge in [0.25, 0.3) is 11.8 Å². The molecule has 4 heterocycles. The quantitative estimate of drug-likeness (QED) is 0.0821. The fourth-order valence-electron chi connectivity index (χ4n) is 4.21. The highest BCUT2D eigenvalue weighted by Crippen LogP contribution is 2.40. The van der Waals surface area contributed by atoms with Gasteiger partial charge in [0.15, 0.2) is 24.7 Å². The third-order valence-corrected chi connectivity index (χ3v) is 7.20. The number of carboxylic acids is 1. The number of oxime groups is 1. The molecule has 2 aliphatic rings. The highest BCUT2D eigenvalue weighted by Gasteiger charge is 2.54. The van der Waals surface area contributed by atoms with Gasteiger partial charge in [0.05, 0.1) is 0 Å². The normalized spacial score (nSPS) is 18.4. The summed E-state index contributed by atoms with van der Waals surface area (Å²) in [7, 11) is 0. The molecule has 220 valence electrons. The van der Waals surface area contributed by atoms with Gasteiger partial charge in [0.1, 0.15) is 34.2 Å². The van der Waals surface area contributed by atoms with E-state index in [4.69, 9.17) is 9.57 Å². The maximum atomic E-state index is 13.4. The molecule has 0 spiro atoms. The van der Waals surface area contributed by atoms with Gasteiger partial charge in [-0.25, -0.2) is 19.1 Å². The second-order valence-electron chi connectivity index (χ2n) is 10.1. The number of amides is 3. The highest BCUT2D eigenvalue weighted by atomic mass is 32.2. The summed E-state index contributed by atoms with van der Waals surface area (Å²) in [6.45, 7) is 4.72. The van der Waals surface area contributed by atoms with E-state index in [1.165, 1.54) is 34.9 Å². The number of anilines is 1. The summed E-state index contributed by atoms with van der Waals surface area (Å²) in [5.74, 6) is -3.00. The molecule has 0 bridgehead atoms. The van der Waals surface area contributed by atoms with Crippen molar-refractivity contribution in [2.75, 3.05) is 17.7 Å². The van der Waals surface area contributed by atoms with Crippen molar-refractivity contribution in [3.05, 3.63) is 65.8 Å². The Morgan fingerprint density at radius 3 is 2.62 bits per heavy atom. The lowest BCUT2D eigenvalue weighted by atomic mass is 10.0. The van der Waals surface area contributed by atoms with Gasteiger partial charge >= 0.3 is 11.9 Å². The number of ether oxygens (including phenoxy) is 1. The molecule has 2 aromatic heterocycles. The number of hydrogen-bond donors (Lipinski definition) is 3. The molecule has 15 heteroatoms. The largest absolute Gasteiger partial charge is 0.477 e. The average molecular weight is 598 g/mol. The molecular formula is C27H29N6O8S+. The van der Waals surface area contributed by atoms with Crippen molar-refractivity contribution in [3.8, 4) is 0 Å². The molecule has 2 aromatic rings. The maximum Gasteiger partial charge on any atom is 0.352 e. The molecule has 0 radical (unpaired) electrons. The van der Waals surface area contributed by atoms with Crippen molar-refractivity contribution in [2.45, 2.75) is 44.3 Å². The molecule has 3 amide bonds. The Bertz CT molecular complexity index is 1460. The minimum Gasteiger partial charge on any atom is -0.477 e. The summed E-state index contributed by atoms with van der Waals surface area (Å²) >= 11 is 1.32. The van der Waals surface area contributed by atoms with Crippen LogP contribution in [0, 0.1) is 0 Å². The fourth-order valence-corrected chi connectivity index (χ4v) is 5.54. The van der Waals surface area contributed by atoms with Crippen molar-refractivity contribution in [2.24, 2.45) is 5.16 Å². The van der Waals surface area contributed by atoms with E-state index in [2.05, 4.69) is 20.8 Å². The van der Waals surface area contributed by atoms with Crippen LogP contribution in [0.15, 0.2) is 65.2 Å². The van der Waals surface area contributed by atoms with Gasteiger partial charge in [-0.3, -0.25) is 19.3 Å². The second-order valence-corrected chi connectivity index (χ2v) is 11.2. The molecule has 42 heavy (non-hydrogen) atoms. The van der Waals surface area contributed by atoms with Crippen LogP contribution in [0.4, 0.5) is 5.82 Å². The number of carboxylic acid groups (broad SMARTS) is 1. The number of fused-ring (bicyclic) bond motifs is 1. The van der Waals surface area contributed by atoms with Crippen LogP contribution in [0.1, 0.15) is 26.5 Å². The van der Waals surface area contributed by atoms with Crippen LogP contribution in [-0.2, 0) is 40.1 Å². The average Bonchev–Trinajstić information content (AvgIpc) is 2.93. The summed E-state index contributed by atoms with van der Waals surface area (Å²) < 4.78 is 6.98. The number of aliphatic carboxylic acids is 1. The van der Waals surface area contributed by atoms with Gasteiger partial charge in [-0.05, 0) is 32.9 Å². The summed E-state index contributed by atoms with van der Waals surface area (Å²) in [6, 6.07) is 8.82. The molecule has 4 rings (SSSR count). The van der Waals surface area contributed by atoms with Crippen molar-refractivity contribution >= 4 is 53.5 Å². The Morgan fingerprint density at radius 1 is 1.21 bits per heavy atom. The number of esters is 1. The Kier molecular flexibility index (Phi) is 9.20. The second kappa shape index (κ2) is 12.8. The van der Waals surface area contributed by atoms with E-state index in [0.717, 1.165) is 0 Å². The number of nitrogens with zero attached hydrogens (tertiary/aromatic N) is 4. The molecule has 14 nitrogen and oxygen atoms in total. The molecule has 0 aliphatic carbocycles. The Hall–Kier alpha value is -4.79. The van der Waals surface area contributed by atoms with Crippen LogP contribution in [-0.4, -0.2) is 80.2 Å². The Morgan fingerprint density at radius 2 is 1.95 bits per heavy atom. The van der Waals surface area contributed by atoms with E-state index in [1.807, 2.05) is 22.8 Å². The number of carbonyl (C=O) groups excluding carboxylic acids is 4. The van der Waals surface area contributed by atoms with Crippen LogP contribution >= 0.6 is 11.8 Å². The van der Waals surface area contributed by atoms with Gasteiger partial charge < -0.3 is 25.3 Å². The van der Waals surface area contributed by atoms with Gasteiger partial charge in [-0.2, -0.15) is 0 Å². The summed E-state index contributed by atoms with van der Waals surface area (Å²) in [6.07, 6.45) is 4.00. The van der Waals surface area contributed by atoms with E-state index >= 15 is 0 Å². The smallest absolute Gasteiger partial charge is 0.352 e. The number of β-lactam (4-membered cyclic amide) rings is 1. The number of pyridine rings is 2. The summed E-state index contributed by atoms with van der Waals surface area (Å²) in [4.78, 5) is 72.1. The van der Waals surface area contributed by atoms with Crippen LogP contribution in [0.25, 0.3) is 0 Å². The molecule has 1 saturated heterocycles.